The van der Waals surface area contributed by atoms with E-state index in [-0.39, 0.29) is 24.3 Å². The molecular weight excluding hydrogens is 391 g/mol. The lowest BCUT2D eigenvalue weighted by Crippen LogP contribution is -2.50. The van der Waals surface area contributed by atoms with Crippen LogP contribution >= 0.6 is 0 Å². The summed E-state index contributed by atoms with van der Waals surface area (Å²) in [5, 5.41) is 19.8. The van der Waals surface area contributed by atoms with E-state index in [2.05, 4.69) is 9.44 Å². The van der Waals surface area contributed by atoms with Gasteiger partial charge in [-0.25, -0.2) is 4.39 Å². The van der Waals surface area contributed by atoms with Gasteiger partial charge in [-0.2, -0.15) is 23.1 Å². The highest BCUT2D eigenvalue weighted by molar-refractivity contribution is 7.87. The topological polar surface area (TPSA) is 134 Å². The average Bonchev–Trinajstić information content (AvgIpc) is 2.55. The number of hydrogen-bond acceptors (Lipinski definition) is 6. The normalized spacial score (nSPS) is 14.3. The molecule has 11 heteroatoms. The molecule has 0 saturated carbocycles. The van der Waals surface area contributed by atoms with Crippen molar-refractivity contribution in [2.45, 2.75) is 58.2 Å². The average molecular weight is 416 g/mol. The minimum atomic E-state index is -3.85. The summed E-state index contributed by atoms with van der Waals surface area (Å²) in [4.78, 5) is 10.3. The second-order valence-electron chi connectivity index (χ2n) is 7.23. The van der Waals surface area contributed by atoms with Crippen molar-refractivity contribution in [1.82, 2.24) is 9.44 Å². The van der Waals surface area contributed by atoms with Crippen molar-refractivity contribution in [2.75, 3.05) is 6.61 Å². The third kappa shape index (κ3) is 7.85. The summed E-state index contributed by atoms with van der Waals surface area (Å²) in [7, 11) is -3.85. The molecule has 28 heavy (non-hydrogen) atoms. The quantitative estimate of drug-likeness (QED) is 0.445. The lowest BCUT2D eigenvalue weighted by atomic mass is 10.00. The lowest BCUT2D eigenvalue weighted by Gasteiger charge is -2.26. The molecule has 2 N–H and O–H groups in total. The molecule has 156 valence electrons. The minimum Gasteiger partial charge on any atom is -0.358 e. The van der Waals surface area contributed by atoms with E-state index in [9.17, 15) is 22.9 Å². The number of halogens is 1. The van der Waals surface area contributed by atoms with Gasteiger partial charge < -0.3 is 4.74 Å². The van der Waals surface area contributed by atoms with Gasteiger partial charge in [-0.3, -0.25) is 10.1 Å². The maximum atomic E-state index is 14.3. The second kappa shape index (κ2) is 9.88. The third-order valence-electron chi connectivity index (χ3n) is 3.64. The Morgan fingerprint density at radius 1 is 1.39 bits per heavy atom. The number of nitrogens with one attached hydrogen (secondary N) is 2. The van der Waals surface area contributed by atoms with Crippen LogP contribution < -0.4 is 9.44 Å². The monoisotopic (exact) mass is 416 g/mol. The molecule has 0 heterocycles. The molecule has 0 unspecified atom stereocenters. The van der Waals surface area contributed by atoms with Gasteiger partial charge in [0.2, 0.25) is 0 Å². The highest BCUT2D eigenvalue weighted by Gasteiger charge is 2.27. The molecule has 0 aromatic heterocycles. The molecule has 0 aliphatic rings. The van der Waals surface area contributed by atoms with Crippen molar-refractivity contribution < 1.29 is 22.5 Å². The smallest absolute Gasteiger partial charge is 0.277 e. The van der Waals surface area contributed by atoms with Gasteiger partial charge in [0.1, 0.15) is 12.4 Å². The number of nitrogens with zero attached hydrogens (tertiary/aromatic N) is 2. The second-order valence-corrected chi connectivity index (χ2v) is 8.68. The molecule has 0 saturated heterocycles. The first-order valence-corrected chi connectivity index (χ1v) is 10.1. The van der Waals surface area contributed by atoms with E-state index in [4.69, 9.17) is 10.00 Å². The SMILES string of the molecule is CC[C@H](C[C@H](OCC#N)c1cc([N+](=O)[O-])ccc1F)NS(=O)(=O)NC(C)(C)C. The van der Waals surface area contributed by atoms with Gasteiger partial charge in [-0.15, -0.1) is 0 Å². The summed E-state index contributed by atoms with van der Waals surface area (Å²) in [6, 6.07) is 4.12. The van der Waals surface area contributed by atoms with Crippen molar-refractivity contribution in [3.63, 3.8) is 0 Å². The van der Waals surface area contributed by atoms with Gasteiger partial charge in [0.15, 0.2) is 0 Å². The molecule has 0 bridgehead atoms. The summed E-state index contributed by atoms with van der Waals surface area (Å²) in [6.07, 6.45) is -0.697. The van der Waals surface area contributed by atoms with Crippen LogP contribution in [0.4, 0.5) is 10.1 Å². The first-order valence-electron chi connectivity index (χ1n) is 8.62. The Morgan fingerprint density at radius 2 is 2.04 bits per heavy atom. The number of nitro groups is 1. The van der Waals surface area contributed by atoms with Crippen LogP contribution in [0.25, 0.3) is 0 Å². The van der Waals surface area contributed by atoms with E-state index in [0.717, 1.165) is 18.2 Å². The van der Waals surface area contributed by atoms with Gasteiger partial charge in [0, 0.05) is 29.3 Å². The number of nitro benzene ring substituents is 1. The largest absolute Gasteiger partial charge is 0.358 e. The first-order chi connectivity index (χ1) is 12.9. The number of ether oxygens (including phenoxy) is 1. The van der Waals surface area contributed by atoms with E-state index in [1.165, 1.54) is 0 Å². The maximum absolute atomic E-state index is 14.3. The number of nitriles is 1. The molecule has 0 radical (unpaired) electrons. The number of benzene rings is 1. The molecule has 0 aliphatic carbocycles. The molecule has 0 aliphatic heterocycles. The molecule has 9 nitrogen and oxygen atoms in total. The Morgan fingerprint density at radius 3 is 2.54 bits per heavy atom. The molecule has 1 rings (SSSR count). The van der Waals surface area contributed by atoms with E-state index in [1.807, 2.05) is 0 Å². The Balaban J connectivity index is 3.12. The number of non-ortho nitro benzene ring substituents is 1. The van der Waals surface area contributed by atoms with Crippen molar-refractivity contribution in [3.05, 3.63) is 39.7 Å². The molecule has 2 atom stereocenters. The van der Waals surface area contributed by atoms with Crippen LogP contribution in [0.5, 0.6) is 0 Å². The van der Waals surface area contributed by atoms with Gasteiger partial charge in [-0.05, 0) is 39.7 Å². The summed E-state index contributed by atoms with van der Waals surface area (Å²) in [5.74, 6) is -0.737. The predicted molar refractivity (Wildman–Crippen MR) is 101 cm³/mol. The van der Waals surface area contributed by atoms with Crippen LogP contribution in [0.15, 0.2) is 18.2 Å². The number of rotatable bonds is 10. The number of hydrogen-bond donors (Lipinski definition) is 2. The van der Waals surface area contributed by atoms with Crippen LogP contribution in [0.1, 0.15) is 52.2 Å². The summed E-state index contributed by atoms with van der Waals surface area (Å²) in [5.41, 5.74) is -1.14. The molecule has 0 fully saturated rings. The van der Waals surface area contributed by atoms with Gasteiger partial charge in [0.05, 0.1) is 17.1 Å². The van der Waals surface area contributed by atoms with E-state index in [0.29, 0.717) is 6.42 Å². The highest BCUT2D eigenvalue weighted by Crippen LogP contribution is 2.29. The molecule has 1 aromatic rings. The van der Waals surface area contributed by atoms with E-state index < -0.39 is 38.6 Å². The Bertz CT molecular complexity index is 833. The predicted octanol–water partition coefficient (Wildman–Crippen LogP) is 2.71. The molecule has 0 spiro atoms. The standard InChI is InChI=1S/C17H25FN4O5S/c1-5-12(20-28(25,26)21-17(2,3)4)10-16(27-9-8-19)14-11-13(22(23)24)6-7-15(14)18/h6-7,11-12,16,20-21H,5,9-10H2,1-4H3/t12-,16+/m1/s1. The zero-order chi connectivity index (χ0) is 21.5. The lowest BCUT2D eigenvalue weighted by molar-refractivity contribution is -0.385. The van der Waals surface area contributed by atoms with Crippen LogP contribution in [0, 0.1) is 27.3 Å². The highest BCUT2D eigenvalue weighted by atomic mass is 32.2. The minimum absolute atomic E-state index is 0.0126. The van der Waals surface area contributed by atoms with Gasteiger partial charge in [0.25, 0.3) is 15.9 Å². The Labute approximate surface area is 164 Å². The van der Waals surface area contributed by atoms with Crippen molar-refractivity contribution in [3.8, 4) is 6.07 Å². The fourth-order valence-electron chi connectivity index (χ4n) is 2.52. The summed E-state index contributed by atoms with van der Waals surface area (Å²) in [6.45, 7) is 6.41. The Hall–Kier alpha value is -2.13. The maximum Gasteiger partial charge on any atom is 0.277 e. The van der Waals surface area contributed by atoms with Gasteiger partial charge >= 0.3 is 0 Å². The van der Waals surface area contributed by atoms with Crippen molar-refractivity contribution in [2.24, 2.45) is 0 Å². The van der Waals surface area contributed by atoms with E-state index >= 15 is 0 Å². The first kappa shape index (κ1) is 23.9. The summed E-state index contributed by atoms with van der Waals surface area (Å²) < 4.78 is 49.1. The molecular formula is C17H25FN4O5S. The third-order valence-corrected chi connectivity index (χ3v) is 5.16. The van der Waals surface area contributed by atoms with E-state index in [1.54, 1.807) is 33.8 Å². The molecule has 0 amide bonds. The zero-order valence-electron chi connectivity index (χ0n) is 16.2. The fourth-order valence-corrected chi connectivity index (χ4v) is 4.09. The van der Waals surface area contributed by atoms with Crippen LogP contribution in [-0.4, -0.2) is 31.5 Å². The summed E-state index contributed by atoms with van der Waals surface area (Å²) >= 11 is 0. The van der Waals surface area contributed by atoms with Crippen LogP contribution in [0.2, 0.25) is 0 Å². The zero-order valence-corrected chi connectivity index (χ0v) is 17.0. The molecule has 1 aromatic carbocycles. The van der Waals surface area contributed by atoms with Crippen LogP contribution in [0.3, 0.4) is 0 Å². The Kier molecular flexibility index (Phi) is 8.44. The van der Waals surface area contributed by atoms with Crippen molar-refractivity contribution >= 4 is 15.9 Å². The van der Waals surface area contributed by atoms with Crippen LogP contribution in [-0.2, 0) is 14.9 Å². The van der Waals surface area contributed by atoms with Crippen molar-refractivity contribution in [1.29, 1.82) is 5.26 Å². The van der Waals surface area contributed by atoms with Gasteiger partial charge in [-0.1, -0.05) is 6.92 Å². The fraction of sp³-hybridized carbons (Fsp3) is 0.588.